The van der Waals surface area contributed by atoms with E-state index in [0.717, 1.165) is 24.1 Å². The normalized spacial score (nSPS) is 9.88. The molecule has 16 heavy (non-hydrogen) atoms. The Bertz CT molecular complexity index is 543. The molecule has 2 rings (SSSR count). The van der Waals surface area contributed by atoms with E-state index in [1.54, 1.807) is 7.11 Å². The number of H-pyrrole nitrogens is 1. The molecule has 82 valence electrons. The van der Waals surface area contributed by atoms with Gasteiger partial charge in [0.15, 0.2) is 0 Å². The van der Waals surface area contributed by atoms with Crippen molar-refractivity contribution in [3.05, 3.63) is 30.0 Å². The molecular weight excluding hydrogens is 198 g/mol. The van der Waals surface area contributed by atoms with Crippen molar-refractivity contribution in [1.29, 1.82) is 0 Å². The lowest BCUT2D eigenvalue weighted by molar-refractivity contribution is 0.415. The van der Waals surface area contributed by atoms with Crippen molar-refractivity contribution in [3.8, 4) is 17.6 Å². The van der Waals surface area contributed by atoms with Crippen LogP contribution in [0.15, 0.2) is 24.4 Å². The number of hydrogen-bond donors (Lipinski definition) is 1. The quantitative estimate of drug-likeness (QED) is 0.778. The maximum absolute atomic E-state index is 5.23. The molecule has 2 aromatic rings. The van der Waals surface area contributed by atoms with Crippen LogP contribution >= 0.6 is 0 Å². The molecule has 0 saturated carbocycles. The van der Waals surface area contributed by atoms with E-state index in [9.17, 15) is 0 Å². The average molecular weight is 213 g/mol. The number of hydrogen-bond acceptors (Lipinski definition) is 1. The number of aromatic nitrogens is 1. The topological polar surface area (TPSA) is 25.0 Å². The minimum atomic E-state index is 0.898. The summed E-state index contributed by atoms with van der Waals surface area (Å²) in [4.78, 5) is 3.26. The molecule has 1 N–H and O–H groups in total. The van der Waals surface area contributed by atoms with Gasteiger partial charge in [-0.25, -0.2) is 0 Å². The Kier molecular flexibility index (Phi) is 3.16. The number of aryl methyl sites for hydroxylation is 1. The van der Waals surface area contributed by atoms with E-state index in [1.165, 1.54) is 10.9 Å². The summed E-state index contributed by atoms with van der Waals surface area (Å²) in [5, 5.41) is 1.23. The van der Waals surface area contributed by atoms with Crippen molar-refractivity contribution in [1.82, 2.24) is 4.98 Å². The van der Waals surface area contributed by atoms with E-state index in [0.29, 0.717) is 0 Å². The molecule has 0 bridgehead atoms. The summed E-state index contributed by atoms with van der Waals surface area (Å²) in [7, 11) is 1.69. The first-order valence-electron chi connectivity index (χ1n) is 5.38. The highest BCUT2D eigenvalue weighted by Gasteiger charge is 2.03. The number of methoxy groups -OCH3 is 1. The number of ether oxygens (including phenoxy) is 1. The van der Waals surface area contributed by atoms with Crippen LogP contribution in [0.1, 0.15) is 18.9 Å². The van der Waals surface area contributed by atoms with Gasteiger partial charge in [-0.15, -0.1) is 11.8 Å². The van der Waals surface area contributed by atoms with E-state index in [-0.39, 0.29) is 0 Å². The summed E-state index contributed by atoms with van der Waals surface area (Å²) in [5.74, 6) is 6.90. The monoisotopic (exact) mass is 213 g/mol. The van der Waals surface area contributed by atoms with Gasteiger partial charge in [-0.2, -0.15) is 0 Å². The second-order valence-electron chi connectivity index (χ2n) is 3.65. The molecule has 0 aliphatic carbocycles. The zero-order chi connectivity index (χ0) is 11.4. The van der Waals surface area contributed by atoms with Gasteiger partial charge in [0.2, 0.25) is 0 Å². The largest absolute Gasteiger partial charge is 0.497 e. The van der Waals surface area contributed by atoms with Crippen LogP contribution < -0.4 is 4.74 Å². The molecule has 0 radical (unpaired) electrons. The first-order valence-corrected chi connectivity index (χ1v) is 5.38. The number of nitrogens with one attached hydrogen (secondary N) is 1. The molecule has 0 aliphatic heterocycles. The minimum Gasteiger partial charge on any atom is -0.497 e. The molecule has 0 aliphatic rings. The predicted octanol–water partition coefficient (Wildman–Crippen LogP) is 3.13. The summed E-state index contributed by atoms with van der Waals surface area (Å²) >= 11 is 0. The summed E-state index contributed by atoms with van der Waals surface area (Å²) < 4.78 is 5.23. The third-order valence-corrected chi connectivity index (χ3v) is 2.67. The standard InChI is InChI=1S/C14H15NO/c1-3-4-5-6-11-10-15-14-8-7-12(16-2)9-13(11)14/h7-10,15H,5-6H2,1-2H3. The minimum absolute atomic E-state index is 0.898. The van der Waals surface area contributed by atoms with Gasteiger partial charge in [-0.05, 0) is 37.1 Å². The van der Waals surface area contributed by atoms with Crippen molar-refractivity contribution >= 4 is 10.9 Å². The third-order valence-electron chi connectivity index (χ3n) is 2.67. The average Bonchev–Trinajstić information content (AvgIpc) is 2.72. The van der Waals surface area contributed by atoms with Crippen LogP contribution in [0.5, 0.6) is 5.75 Å². The highest BCUT2D eigenvalue weighted by atomic mass is 16.5. The van der Waals surface area contributed by atoms with Crippen LogP contribution in [0.3, 0.4) is 0 Å². The van der Waals surface area contributed by atoms with Gasteiger partial charge in [-0.3, -0.25) is 0 Å². The molecule has 2 nitrogen and oxygen atoms in total. The van der Waals surface area contributed by atoms with Crippen molar-refractivity contribution in [2.75, 3.05) is 7.11 Å². The first kappa shape index (κ1) is 10.6. The van der Waals surface area contributed by atoms with Crippen molar-refractivity contribution in [2.45, 2.75) is 19.8 Å². The van der Waals surface area contributed by atoms with E-state index < -0.39 is 0 Å². The van der Waals surface area contributed by atoms with Crippen LogP contribution in [0.2, 0.25) is 0 Å². The summed E-state index contributed by atoms with van der Waals surface area (Å²) in [6.07, 6.45) is 3.94. The van der Waals surface area contributed by atoms with Crippen LogP contribution in [-0.4, -0.2) is 12.1 Å². The molecule has 0 atom stereocenters. The zero-order valence-corrected chi connectivity index (χ0v) is 9.63. The number of rotatable bonds is 3. The second-order valence-corrected chi connectivity index (χ2v) is 3.65. The molecule has 0 saturated heterocycles. The van der Waals surface area contributed by atoms with Crippen molar-refractivity contribution in [3.63, 3.8) is 0 Å². The van der Waals surface area contributed by atoms with Gasteiger partial charge in [-0.1, -0.05) is 0 Å². The lowest BCUT2D eigenvalue weighted by atomic mass is 10.1. The number of fused-ring (bicyclic) bond motifs is 1. The van der Waals surface area contributed by atoms with E-state index >= 15 is 0 Å². The van der Waals surface area contributed by atoms with E-state index in [1.807, 2.05) is 19.1 Å². The van der Waals surface area contributed by atoms with Crippen LogP contribution in [0, 0.1) is 11.8 Å². The van der Waals surface area contributed by atoms with Gasteiger partial charge in [0.05, 0.1) is 7.11 Å². The molecule has 0 spiro atoms. The molecule has 0 amide bonds. The van der Waals surface area contributed by atoms with Gasteiger partial charge >= 0.3 is 0 Å². The van der Waals surface area contributed by atoms with E-state index in [2.05, 4.69) is 29.1 Å². The van der Waals surface area contributed by atoms with Gasteiger partial charge < -0.3 is 9.72 Å². The lowest BCUT2D eigenvalue weighted by Gasteiger charge is -2.00. The molecule has 0 fully saturated rings. The smallest absolute Gasteiger partial charge is 0.119 e. The highest BCUT2D eigenvalue weighted by Crippen LogP contribution is 2.24. The first-order chi connectivity index (χ1) is 7.85. The zero-order valence-electron chi connectivity index (χ0n) is 9.63. The van der Waals surface area contributed by atoms with E-state index in [4.69, 9.17) is 4.74 Å². The molecule has 1 aromatic heterocycles. The Balaban J connectivity index is 2.32. The molecule has 2 heteroatoms. The van der Waals surface area contributed by atoms with Gasteiger partial charge in [0, 0.05) is 23.5 Å². The Labute approximate surface area is 95.6 Å². The predicted molar refractivity (Wildman–Crippen MR) is 66.6 cm³/mol. The molecular formula is C14H15NO. The summed E-state index contributed by atoms with van der Waals surface area (Å²) in [6.45, 7) is 1.87. The van der Waals surface area contributed by atoms with Crippen molar-refractivity contribution < 1.29 is 4.74 Å². The maximum Gasteiger partial charge on any atom is 0.119 e. The van der Waals surface area contributed by atoms with Crippen LogP contribution in [0.4, 0.5) is 0 Å². The molecule has 0 unspecified atom stereocenters. The highest BCUT2D eigenvalue weighted by molar-refractivity contribution is 5.84. The van der Waals surface area contributed by atoms with Crippen molar-refractivity contribution in [2.24, 2.45) is 0 Å². The number of benzene rings is 1. The fourth-order valence-electron chi connectivity index (χ4n) is 1.81. The SMILES string of the molecule is CC#CCCc1c[nH]c2ccc(OC)cc12. The molecule has 1 heterocycles. The Morgan fingerprint density at radius 3 is 3.00 bits per heavy atom. The third kappa shape index (κ3) is 2.04. The lowest BCUT2D eigenvalue weighted by Crippen LogP contribution is -1.84. The Hall–Kier alpha value is -1.88. The van der Waals surface area contributed by atoms with Crippen LogP contribution in [0.25, 0.3) is 10.9 Å². The molecule has 1 aromatic carbocycles. The van der Waals surface area contributed by atoms with Gasteiger partial charge in [0.25, 0.3) is 0 Å². The van der Waals surface area contributed by atoms with Crippen LogP contribution in [-0.2, 0) is 6.42 Å². The summed E-state index contributed by atoms with van der Waals surface area (Å²) in [5.41, 5.74) is 2.46. The fourth-order valence-corrected chi connectivity index (χ4v) is 1.81. The second kappa shape index (κ2) is 4.76. The summed E-state index contributed by atoms with van der Waals surface area (Å²) in [6, 6.07) is 6.08. The van der Waals surface area contributed by atoms with Gasteiger partial charge in [0.1, 0.15) is 5.75 Å². The maximum atomic E-state index is 5.23. The number of aromatic amines is 1. The fraction of sp³-hybridized carbons (Fsp3) is 0.286. The Morgan fingerprint density at radius 2 is 2.25 bits per heavy atom. The Morgan fingerprint density at radius 1 is 1.38 bits per heavy atom.